The fraction of sp³-hybridized carbons (Fsp3) is 0.286. The molecule has 1 atom stereocenters. The molecular formula is C7H8N6OS. The fourth-order valence-corrected chi connectivity index (χ4v) is 1.45. The highest BCUT2D eigenvalue weighted by atomic mass is 32.1. The molecule has 0 aliphatic rings. The van der Waals surface area contributed by atoms with Crippen molar-refractivity contribution in [3.05, 3.63) is 23.2 Å². The van der Waals surface area contributed by atoms with Gasteiger partial charge in [-0.25, -0.2) is 4.98 Å². The summed E-state index contributed by atoms with van der Waals surface area (Å²) >= 11 is 1.05. The van der Waals surface area contributed by atoms with E-state index in [1.807, 2.05) is 6.92 Å². The number of aromatic nitrogens is 5. The SMILES string of the molecule is CC(NC(=O)c1cnns1)c1ncn[nH]1. The van der Waals surface area contributed by atoms with Gasteiger partial charge in [0.1, 0.15) is 17.0 Å². The molecule has 2 heterocycles. The van der Waals surface area contributed by atoms with Crippen LogP contribution in [0, 0.1) is 0 Å². The quantitative estimate of drug-likeness (QED) is 0.773. The van der Waals surface area contributed by atoms with Gasteiger partial charge in [0.2, 0.25) is 0 Å². The van der Waals surface area contributed by atoms with Gasteiger partial charge in [-0.05, 0) is 18.5 Å². The van der Waals surface area contributed by atoms with Gasteiger partial charge in [-0.1, -0.05) is 4.49 Å². The lowest BCUT2D eigenvalue weighted by Crippen LogP contribution is -2.26. The zero-order chi connectivity index (χ0) is 10.7. The number of hydrogen-bond donors (Lipinski definition) is 2. The van der Waals surface area contributed by atoms with Gasteiger partial charge in [0.25, 0.3) is 5.91 Å². The van der Waals surface area contributed by atoms with Crippen LogP contribution >= 0.6 is 11.5 Å². The number of H-pyrrole nitrogens is 1. The van der Waals surface area contributed by atoms with Gasteiger partial charge in [-0.15, -0.1) is 5.10 Å². The third-order valence-electron chi connectivity index (χ3n) is 1.78. The molecule has 0 radical (unpaired) electrons. The molecule has 15 heavy (non-hydrogen) atoms. The third kappa shape index (κ3) is 2.15. The van der Waals surface area contributed by atoms with E-state index in [-0.39, 0.29) is 11.9 Å². The van der Waals surface area contributed by atoms with Crippen LogP contribution in [0.4, 0.5) is 0 Å². The molecule has 8 heteroatoms. The first-order chi connectivity index (χ1) is 7.27. The molecule has 0 fully saturated rings. The Balaban J connectivity index is 2.01. The fourth-order valence-electron chi connectivity index (χ4n) is 1.03. The predicted octanol–water partition coefficient (Wildman–Crippen LogP) is 0.147. The normalized spacial score (nSPS) is 12.3. The Kier molecular flexibility index (Phi) is 2.68. The second-order valence-electron chi connectivity index (χ2n) is 2.85. The van der Waals surface area contributed by atoms with Gasteiger partial charge >= 0.3 is 0 Å². The molecule has 0 saturated carbocycles. The molecule has 1 unspecified atom stereocenters. The van der Waals surface area contributed by atoms with Gasteiger partial charge in [0.05, 0.1) is 12.2 Å². The van der Waals surface area contributed by atoms with Crippen molar-refractivity contribution in [1.82, 2.24) is 30.1 Å². The molecule has 2 rings (SSSR count). The number of rotatable bonds is 3. The number of nitrogens with zero attached hydrogens (tertiary/aromatic N) is 4. The monoisotopic (exact) mass is 224 g/mol. The van der Waals surface area contributed by atoms with Crippen LogP contribution < -0.4 is 5.32 Å². The average Bonchev–Trinajstić information content (AvgIpc) is 2.91. The van der Waals surface area contributed by atoms with Crippen LogP contribution in [0.1, 0.15) is 28.5 Å². The standard InChI is InChI=1S/C7H8N6OS/c1-4(6-8-3-10-12-6)11-7(14)5-2-9-13-15-5/h2-4H,1H3,(H,11,14)(H,8,10,12). The second-order valence-corrected chi connectivity index (χ2v) is 3.63. The van der Waals surface area contributed by atoms with Crippen molar-refractivity contribution in [3.8, 4) is 0 Å². The Hall–Kier alpha value is -1.83. The van der Waals surface area contributed by atoms with Crippen molar-refractivity contribution in [3.63, 3.8) is 0 Å². The van der Waals surface area contributed by atoms with Gasteiger partial charge in [0.15, 0.2) is 0 Å². The molecule has 0 spiro atoms. The molecule has 7 nitrogen and oxygen atoms in total. The zero-order valence-electron chi connectivity index (χ0n) is 7.84. The molecule has 0 aliphatic carbocycles. The van der Waals surface area contributed by atoms with Crippen LogP contribution in [0.15, 0.2) is 12.5 Å². The second kappa shape index (κ2) is 4.13. The molecule has 2 N–H and O–H groups in total. The highest BCUT2D eigenvalue weighted by Gasteiger charge is 2.14. The van der Waals surface area contributed by atoms with Crippen molar-refractivity contribution in [2.45, 2.75) is 13.0 Å². The molecule has 0 aliphatic heterocycles. The molecular weight excluding hydrogens is 216 g/mol. The number of amides is 1. The number of carbonyl (C=O) groups excluding carboxylic acids is 1. The predicted molar refractivity (Wildman–Crippen MR) is 52.2 cm³/mol. The minimum Gasteiger partial charge on any atom is -0.342 e. The van der Waals surface area contributed by atoms with Crippen LogP contribution in [-0.2, 0) is 0 Å². The molecule has 2 aromatic heterocycles. The van der Waals surface area contributed by atoms with Gasteiger partial charge < -0.3 is 5.32 Å². The molecule has 2 aromatic rings. The zero-order valence-corrected chi connectivity index (χ0v) is 8.65. The number of nitrogens with one attached hydrogen (secondary N) is 2. The van der Waals surface area contributed by atoms with E-state index in [0.29, 0.717) is 10.7 Å². The van der Waals surface area contributed by atoms with Crippen LogP contribution in [-0.4, -0.2) is 30.7 Å². The van der Waals surface area contributed by atoms with E-state index in [1.54, 1.807) is 0 Å². The van der Waals surface area contributed by atoms with Crippen LogP contribution in [0.3, 0.4) is 0 Å². The van der Waals surface area contributed by atoms with E-state index in [4.69, 9.17) is 0 Å². The lowest BCUT2D eigenvalue weighted by Gasteiger charge is -2.08. The maximum Gasteiger partial charge on any atom is 0.265 e. The molecule has 0 aromatic carbocycles. The summed E-state index contributed by atoms with van der Waals surface area (Å²) in [5.74, 6) is 0.398. The van der Waals surface area contributed by atoms with Gasteiger partial charge in [-0.2, -0.15) is 5.10 Å². The summed E-state index contributed by atoms with van der Waals surface area (Å²) in [4.78, 5) is 16.0. The summed E-state index contributed by atoms with van der Waals surface area (Å²) in [5.41, 5.74) is 0. The van der Waals surface area contributed by atoms with Gasteiger partial charge in [-0.3, -0.25) is 9.89 Å². The Morgan fingerprint density at radius 3 is 3.13 bits per heavy atom. The highest BCUT2D eigenvalue weighted by molar-refractivity contribution is 7.07. The van der Waals surface area contributed by atoms with Crippen molar-refractivity contribution in [1.29, 1.82) is 0 Å². The topological polar surface area (TPSA) is 96.5 Å². The maximum atomic E-state index is 11.6. The average molecular weight is 224 g/mol. The number of aromatic amines is 1. The molecule has 0 bridgehead atoms. The Morgan fingerprint density at radius 2 is 2.53 bits per heavy atom. The Morgan fingerprint density at radius 1 is 1.67 bits per heavy atom. The maximum absolute atomic E-state index is 11.6. The van der Waals surface area contributed by atoms with E-state index >= 15 is 0 Å². The Bertz CT molecular complexity index is 424. The number of carbonyl (C=O) groups is 1. The van der Waals surface area contributed by atoms with Crippen LogP contribution in [0.25, 0.3) is 0 Å². The summed E-state index contributed by atoms with van der Waals surface area (Å²) in [7, 11) is 0. The summed E-state index contributed by atoms with van der Waals surface area (Å²) in [5, 5.41) is 12.7. The van der Waals surface area contributed by atoms with E-state index in [1.165, 1.54) is 12.5 Å². The third-order valence-corrected chi connectivity index (χ3v) is 2.44. The molecule has 1 amide bonds. The minimum absolute atomic E-state index is 0.214. The van der Waals surface area contributed by atoms with E-state index in [9.17, 15) is 4.79 Å². The van der Waals surface area contributed by atoms with Gasteiger partial charge in [0, 0.05) is 0 Å². The number of hydrogen-bond acceptors (Lipinski definition) is 6. The lowest BCUT2D eigenvalue weighted by molar-refractivity contribution is 0.0942. The highest BCUT2D eigenvalue weighted by Crippen LogP contribution is 2.07. The first-order valence-electron chi connectivity index (χ1n) is 4.21. The largest absolute Gasteiger partial charge is 0.342 e. The van der Waals surface area contributed by atoms with Crippen molar-refractivity contribution >= 4 is 17.4 Å². The summed E-state index contributed by atoms with van der Waals surface area (Å²) in [6.45, 7) is 1.81. The molecule has 0 saturated heterocycles. The smallest absolute Gasteiger partial charge is 0.265 e. The Labute approximate surface area is 89.1 Å². The first kappa shape index (κ1) is 9.71. The lowest BCUT2D eigenvalue weighted by atomic mass is 10.3. The van der Waals surface area contributed by atoms with Crippen molar-refractivity contribution < 1.29 is 4.79 Å². The minimum atomic E-state index is -0.220. The first-order valence-corrected chi connectivity index (χ1v) is 4.98. The van der Waals surface area contributed by atoms with Crippen molar-refractivity contribution in [2.75, 3.05) is 0 Å². The van der Waals surface area contributed by atoms with Crippen LogP contribution in [0.5, 0.6) is 0 Å². The molecule has 78 valence electrons. The van der Waals surface area contributed by atoms with E-state index in [2.05, 4.69) is 30.1 Å². The van der Waals surface area contributed by atoms with E-state index < -0.39 is 0 Å². The summed E-state index contributed by atoms with van der Waals surface area (Å²) in [6, 6.07) is -0.220. The summed E-state index contributed by atoms with van der Waals surface area (Å²) in [6.07, 6.45) is 2.82. The van der Waals surface area contributed by atoms with E-state index in [0.717, 1.165) is 11.5 Å². The summed E-state index contributed by atoms with van der Waals surface area (Å²) < 4.78 is 3.61. The van der Waals surface area contributed by atoms with Crippen molar-refractivity contribution in [2.24, 2.45) is 0 Å². The van der Waals surface area contributed by atoms with Crippen LogP contribution in [0.2, 0.25) is 0 Å².